The van der Waals surface area contributed by atoms with Crippen molar-refractivity contribution in [1.29, 1.82) is 0 Å². The van der Waals surface area contributed by atoms with Gasteiger partial charge in [0.25, 0.3) is 5.91 Å². The van der Waals surface area contributed by atoms with Gasteiger partial charge in [0.2, 0.25) is 0 Å². The van der Waals surface area contributed by atoms with Gasteiger partial charge in [-0.1, -0.05) is 42.5 Å². The maximum Gasteiger partial charge on any atom is 0.331 e. The van der Waals surface area contributed by atoms with Crippen LogP contribution in [0, 0.1) is 0 Å². The van der Waals surface area contributed by atoms with Crippen molar-refractivity contribution < 1.29 is 19.1 Å². The molecule has 27 heavy (non-hydrogen) atoms. The topological polar surface area (TPSA) is 64.6 Å². The SMILES string of the molecule is COc1ccc(NC(=O)COC(=O)/C=C/c2cccc3ccccc23)cc1. The van der Waals surface area contributed by atoms with E-state index < -0.39 is 11.9 Å². The summed E-state index contributed by atoms with van der Waals surface area (Å²) in [6.07, 6.45) is 3.01. The van der Waals surface area contributed by atoms with Gasteiger partial charge in [0.1, 0.15) is 5.75 Å². The lowest BCUT2D eigenvalue weighted by molar-refractivity contribution is -0.142. The number of benzene rings is 3. The molecule has 5 heteroatoms. The molecule has 3 rings (SSSR count). The van der Waals surface area contributed by atoms with E-state index in [2.05, 4.69) is 5.32 Å². The number of nitrogens with one attached hydrogen (secondary N) is 1. The second-order valence-electron chi connectivity index (χ2n) is 5.79. The number of anilines is 1. The van der Waals surface area contributed by atoms with E-state index in [0.717, 1.165) is 16.3 Å². The van der Waals surface area contributed by atoms with Crippen LogP contribution in [0.25, 0.3) is 16.8 Å². The van der Waals surface area contributed by atoms with Crippen LogP contribution < -0.4 is 10.1 Å². The summed E-state index contributed by atoms with van der Waals surface area (Å²) in [5.74, 6) is -0.294. The number of fused-ring (bicyclic) bond motifs is 1. The summed E-state index contributed by atoms with van der Waals surface area (Å²) < 4.78 is 10.0. The van der Waals surface area contributed by atoms with Crippen LogP contribution in [0.15, 0.2) is 72.8 Å². The summed E-state index contributed by atoms with van der Waals surface area (Å²) in [5, 5.41) is 4.78. The number of amides is 1. The minimum absolute atomic E-state index is 0.356. The van der Waals surface area contributed by atoms with Crippen molar-refractivity contribution in [2.24, 2.45) is 0 Å². The van der Waals surface area contributed by atoms with Crippen molar-refractivity contribution in [3.63, 3.8) is 0 Å². The van der Waals surface area contributed by atoms with Gasteiger partial charge in [0, 0.05) is 11.8 Å². The number of ether oxygens (including phenoxy) is 2. The van der Waals surface area contributed by atoms with Crippen LogP contribution in [-0.2, 0) is 14.3 Å². The molecule has 3 aromatic rings. The molecule has 0 bridgehead atoms. The standard InChI is InChI=1S/C22H19NO4/c1-26-19-12-10-18(11-13-19)23-21(24)15-27-22(25)14-9-17-7-4-6-16-5-2-3-8-20(16)17/h2-14H,15H2,1H3,(H,23,24)/b14-9+. The molecule has 0 spiro atoms. The average molecular weight is 361 g/mol. The number of rotatable bonds is 6. The smallest absolute Gasteiger partial charge is 0.331 e. The Kier molecular flexibility index (Phi) is 5.84. The first kappa shape index (κ1) is 18.2. The highest BCUT2D eigenvalue weighted by Gasteiger charge is 2.06. The zero-order valence-corrected chi connectivity index (χ0v) is 14.8. The molecule has 0 radical (unpaired) electrons. The van der Waals surface area contributed by atoms with Crippen molar-refractivity contribution in [2.45, 2.75) is 0 Å². The van der Waals surface area contributed by atoms with Gasteiger partial charge in [-0.05, 0) is 46.7 Å². The fourth-order valence-electron chi connectivity index (χ4n) is 2.61. The number of carbonyl (C=O) groups excluding carboxylic acids is 2. The van der Waals surface area contributed by atoms with Gasteiger partial charge in [0.15, 0.2) is 6.61 Å². The summed E-state index contributed by atoms with van der Waals surface area (Å²) in [7, 11) is 1.57. The molecule has 1 amide bonds. The zero-order valence-electron chi connectivity index (χ0n) is 14.8. The zero-order chi connectivity index (χ0) is 19.1. The van der Waals surface area contributed by atoms with Crippen LogP contribution in [0.4, 0.5) is 5.69 Å². The van der Waals surface area contributed by atoms with Gasteiger partial charge in [0.05, 0.1) is 7.11 Å². The quantitative estimate of drug-likeness (QED) is 0.531. The predicted octanol–water partition coefficient (Wildman–Crippen LogP) is 4.04. The third-order valence-electron chi connectivity index (χ3n) is 3.94. The van der Waals surface area contributed by atoms with Crippen molar-refractivity contribution in [3.8, 4) is 5.75 Å². The Bertz CT molecular complexity index is 972. The first-order valence-electron chi connectivity index (χ1n) is 8.42. The second-order valence-corrected chi connectivity index (χ2v) is 5.79. The van der Waals surface area contributed by atoms with Gasteiger partial charge in [-0.2, -0.15) is 0 Å². The molecule has 0 heterocycles. The van der Waals surface area contributed by atoms with Crippen molar-refractivity contribution in [2.75, 3.05) is 19.0 Å². The monoisotopic (exact) mass is 361 g/mol. The average Bonchev–Trinajstić information content (AvgIpc) is 2.71. The molecule has 1 N–H and O–H groups in total. The molecule has 3 aromatic carbocycles. The van der Waals surface area contributed by atoms with E-state index in [1.54, 1.807) is 37.5 Å². The van der Waals surface area contributed by atoms with Gasteiger partial charge < -0.3 is 14.8 Å². The van der Waals surface area contributed by atoms with Crippen LogP contribution in [-0.4, -0.2) is 25.6 Å². The van der Waals surface area contributed by atoms with Crippen molar-refractivity contribution in [1.82, 2.24) is 0 Å². The highest BCUT2D eigenvalue weighted by molar-refractivity contribution is 5.97. The lowest BCUT2D eigenvalue weighted by atomic mass is 10.0. The largest absolute Gasteiger partial charge is 0.497 e. The minimum Gasteiger partial charge on any atom is -0.497 e. The first-order valence-corrected chi connectivity index (χ1v) is 8.42. The summed E-state index contributed by atoms with van der Waals surface area (Å²) in [4.78, 5) is 23.8. The Balaban J connectivity index is 1.54. The molecule has 136 valence electrons. The highest BCUT2D eigenvalue weighted by atomic mass is 16.5. The van der Waals surface area contributed by atoms with Gasteiger partial charge >= 0.3 is 5.97 Å². The third-order valence-corrected chi connectivity index (χ3v) is 3.94. The molecule has 0 aliphatic rings. The fraction of sp³-hybridized carbons (Fsp3) is 0.0909. The molecule has 0 saturated heterocycles. The molecule has 5 nitrogen and oxygen atoms in total. The normalized spacial score (nSPS) is 10.7. The Morgan fingerprint density at radius 3 is 2.48 bits per heavy atom. The lowest BCUT2D eigenvalue weighted by Crippen LogP contribution is -2.20. The number of methoxy groups -OCH3 is 1. The van der Waals surface area contributed by atoms with E-state index in [1.807, 2.05) is 42.5 Å². The Morgan fingerprint density at radius 2 is 1.70 bits per heavy atom. The molecule has 0 aliphatic heterocycles. The Labute approximate surface area is 157 Å². The van der Waals surface area contributed by atoms with E-state index in [-0.39, 0.29) is 6.61 Å². The maximum atomic E-state index is 11.9. The summed E-state index contributed by atoms with van der Waals surface area (Å²) in [5.41, 5.74) is 1.51. The lowest BCUT2D eigenvalue weighted by Gasteiger charge is -2.06. The maximum absolute atomic E-state index is 11.9. The van der Waals surface area contributed by atoms with E-state index in [9.17, 15) is 9.59 Å². The Hall–Kier alpha value is -3.60. The number of hydrogen-bond acceptors (Lipinski definition) is 4. The minimum atomic E-state index is -0.576. The van der Waals surface area contributed by atoms with E-state index in [0.29, 0.717) is 11.4 Å². The van der Waals surface area contributed by atoms with Crippen molar-refractivity contribution >= 4 is 34.4 Å². The predicted molar refractivity (Wildman–Crippen MR) is 106 cm³/mol. The van der Waals surface area contributed by atoms with E-state index >= 15 is 0 Å². The second kappa shape index (κ2) is 8.67. The summed E-state index contributed by atoms with van der Waals surface area (Å²) in [6.45, 7) is -0.356. The molecule has 0 fully saturated rings. The van der Waals surface area contributed by atoms with E-state index in [4.69, 9.17) is 9.47 Å². The van der Waals surface area contributed by atoms with Crippen LogP contribution in [0.2, 0.25) is 0 Å². The van der Waals surface area contributed by atoms with Gasteiger partial charge in [-0.25, -0.2) is 4.79 Å². The highest BCUT2D eigenvalue weighted by Crippen LogP contribution is 2.19. The molecule has 0 aliphatic carbocycles. The number of esters is 1. The molecular formula is C22H19NO4. The molecule has 0 saturated carbocycles. The molecule has 0 aromatic heterocycles. The van der Waals surface area contributed by atoms with Crippen LogP contribution in [0.3, 0.4) is 0 Å². The van der Waals surface area contributed by atoms with Gasteiger partial charge in [-0.3, -0.25) is 4.79 Å². The molecular weight excluding hydrogens is 342 g/mol. The van der Waals surface area contributed by atoms with Crippen LogP contribution >= 0.6 is 0 Å². The summed E-state index contributed by atoms with van der Waals surface area (Å²) >= 11 is 0. The van der Waals surface area contributed by atoms with E-state index in [1.165, 1.54) is 6.08 Å². The molecule has 0 atom stereocenters. The number of carbonyl (C=O) groups is 2. The van der Waals surface area contributed by atoms with Crippen LogP contribution in [0.1, 0.15) is 5.56 Å². The first-order chi connectivity index (χ1) is 13.2. The van der Waals surface area contributed by atoms with Gasteiger partial charge in [-0.15, -0.1) is 0 Å². The molecule has 0 unspecified atom stereocenters. The summed E-state index contributed by atoms with van der Waals surface area (Å²) in [6, 6.07) is 20.6. The Morgan fingerprint density at radius 1 is 0.963 bits per heavy atom. The number of hydrogen-bond donors (Lipinski definition) is 1. The van der Waals surface area contributed by atoms with Crippen LogP contribution in [0.5, 0.6) is 5.75 Å². The fourth-order valence-corrected chi connectivity index (χ4v) is 2.61. The third kappa shape index (κ3) is 4.95. The van der Waals surface area contributed by atoms with Crippen molar-refractivity contribution in [3.05, 3.63) is 78.4 Å².